The number of amides is 1. The van der Waals surface area contributed by atoms with Crippen LogP contribution in [0, 0.1) is 6.92 Å². The normalized spacial score (nSPS) is 18.5. The number of hydrogen-bond acceptors (Lipinski definition) is 6. The van der Waals surface area contributed by atoms with Crippen molar-refractivity contribution in [2.75, 3.05) is 27.4 Å². The molecular weight excluding hydrogens is 360 g/mol. The Morgan fingerprint density at radius 1 is 1.25 bits per heavy atom. The number of Topliss-reactive ketones (excluding diaryl/α,β-unsaturated/α-hetero) is 1. The number of hydrogen-bond donors (Lipinski definition) is 1. The fourth-order valence-corrected chi connectivity index (χ4v) is 3.37. The highest BCUT2D eigenvalue weighted by Crippen LogP contribution is 2.39. The minimum Gasteiger partial charge on any atom is -0.507 e. The number of carbonyl (C=O) groups is 2. The predicted molar refractivity (Wildman–Crippen MR) is 103 cm³/mol. The smallest absolute Gasteiger partial charge is 0.295 e. The number of pyridine rings is 1. The summed E-state index contributed by atoms with van der Waals surface area (Å²) >= 11 is 0. The molecule has 1 aromatic heterocycles. The summed E-state index contributed by atoms with van der Waals surface area (Å²) in [5.41, 5.74) is 1.93. The third-order valence-corrected chi connectivity index (χ3v) is 4.74. The summed E-state index contributed by atoms with van der Waals surface area (Å²) < 4.78 is 10.3. The molecule has 2 aromatic rings. The van der Waals surface area contributed by atoms with Gasteiger partial charge >= 0.3 is 0 Å². The van der Waals surface area contributed by atoms with E-state index in [1.807, 2.05) is 6.92 Å². The van der Waals surface area contributed by atoms with E-state index in [0.717, 1.165) is 5.56 Å². The molecule has 0 radical (unpaired) electrons. The van der Waals surface area contributed by atoms with Gasteiger partial charge in [0, 0.05) is 31.6 Å². The molecule has 0 aliphatic carbocycles. The van der Waals surface area contributed by atoms with Crippen LogP contribution in [-0.4, -0.2) is 54.1 Å². The summed E-state index contributed by atoms with van der Waals surface area (Å²) in [7, 11) is 3.08. The fraction of sp³-hybridized carbons (Fsp3) is 0.286. The van der Waals surface area contributed by atoms with Crippen molar-refractivity contribution in [3.8, 4) is 5.75 Å². The quantitative estimate of drug-likeness (QED) is 0.469. The highest BCUT2D eigenvalue weighted by Gasteiger charge is 2.45. The van der Waals surface area contributed by atoms with Crippen LogP contribution in [0.2, 0.25) is 0 Å². The molecule has 7 nitrogen and oxygen atoms in total. The van der Waals surface area contributed by atoms with Gasteiger partial charge in [0.05, 0.1) is 25.3 Å². The molecular formula is C21H22N2O5. The van der Waals surface area contributed by atoms with Gasteiger partial charge in [-0.2, -0.15) is 0 Å². The predicted octanol–water partition coefficient (Wildman–Crippen LogP) is 2.47. The van der Waals surface area contributed by atoms with E-state index < -0.39 is 17.7 Å². The zero-order valence-corrected chi connectivity index (χ0v) is 16.0. The van der Waals surface area contributed by atoms with Crippen LogP contribution in [-0.2, 0) is 14.3 Å². The topological polar surface area (TPSA) is 89.0 Å². The lowest BCUT2D eigenvalue weighted by Gasteiger charge is -2.24. The highest BCUT2D eigenvalue weighted by molar-refractivity contribution is 6.46. The van der Waals surface area contributed by atoms with Gasteiger partial charge in [-0.3, -0.25) is 14.6 Å². The third kappa shape index (κ3) is 3.48. The van der Waals surface area contributed by atoms with E-state index in [2.05, 4.69) is 4.98 Å². The second-order valence-corrected chi connectivity index (χ2v) is 6.46. The molecule has 0 spiro atoms. The van der Waals surface area contributed by atoms with Crippen molar-refractivity contribution in [1.29, 1.82) is 0 Å². The van der Waals surface area contributed by atoms with Gasteiger partial charge in [0.25, 0.3) is 11.7 Å². The van der Waals surface area contributed by atoms with Crippen molar-refractivity contribution < 1.29 is 24.2 Å². The number of carbonyl (C=O) groups excluding carboxylic acids is 2. The maximum absolute atomic E-state index is 12.8. The van der Waals surface area contributed by atoms with E-state index in [1.165, 1.54) is 12.0 Å². The van der Waals surface area contributed by atoms with Crippen LogP contribution in [0.25, 0.3) is 5.76 Å². The van der Waals surface area contributed by atoms with E-state index in [9.17, 15) is 14.7 Å². The molecule has 7 heteroatoms. The molecule has 1 aliphatic rings. The van der Waals surface area contributed by atoms with Crippen molar-refractivity contribution in [3.05, 3.63) is 65.0 Å². The third-order valence-electron chi connectivity index (χ3n) is 4.74. The average molecular weight is 382 g/mol. The lowest BCUT2D eigenvalue weighted by molar-refractivity contribution is -0.140. The first-order valence-electron chi connectivity index (χ1n) is 8.81. The molecule has 146 valence electrons. The lowest BCUT2D eigenvalue weighted by Crippen LogP contribution is -2.32. The number of nitrogens with zero attached hydrogens (tertiary/aromatic N) is 2. The van der Waals surface area contributed by atoms with Crippen LogP contribution < -0.4 is 4.74 Å². The fourth-order valence-electron chi connectivity index (χ4n) is 3.37. The largest absolute Gasteiger partial charge is 0.507 e. The second kappa shape index (κ2) is 8.22. The summed E-state index contributed by atoms with van der Waals surface area (Å²) in [6, 6.07) is 7.86. The molecule has 1 atom stereocenters. The maximum atomic E-state index is 12.8. The molecule has 1 aliphatic heterocycles. The molecule has 1 aromatic carbocycles. The Morgan fingerprint density at radius 2 is 2.04 bits per heavy atom. The first kappa shape index (κ1) is 19.6. The van der Waals surface area contributed by atoms with E-state index in [0.29, 0.717) is 16.9 Å². The van der Waals surface area contributed by atoms with Crippen LogP contribution >= 0.6 is 0 Å². The monoisotopic (exact) mass is 382 g/mol. The Kier molecular flexibility index (Phi) is 5.75. The Labute approximate surface area is 163 Å². The van der Waals surface area contributed by atoms with Crippen LogP contribution in [0.15, 0.2) is 48.3 Å². The summed E-state index contributed by atoms with van der Waals surface area (Å²) in [5, 5.41) is 11.0. The number of ether oxygens (including phenoxy) is 2. The standard InChI is InChI=1S/C21H22N2O5/c1-13-11-14(6-7-16(13)28-3)19(24)17-18(15-5-4-8-22-12-15)23(9-10-27-2)21(26)20(17)25/h4-8,11-12,18,24H,9-10H2,1-3H3. The molecule has 1 N–H and O–H groups in total. The first-order valence-corrected chi connectivity index (χ1v) is 8.81. The number of ketones is 1. The van der Waals surface area contributed by atoms with Gasteiger partial charge in [-0.1, -0.05) is 6.07 Å². The van der Waals surface area contributed by atoms with Gasteiger partial charge in [0.2, 0.25) is 0 Å². The van der Waals surface area contributed by atoms with Crippen molar-refractivity contribution in [3.63, 3.8) is 0 Å². The zero-order chi connectivity index (χ0) is 20.3. The molecule has 1 unspecified atom stereocenters. The van der Waals surface area contributed by atoms with Gasteiger partial charge in [-0.05, 0) is 42.3 Å². The lowest BCUT2D eigenvalue weighted by atomic mass is 9.95. The Hall–Kier alpha value is -3.19. The van der Waals surface area contributed by atoms with Crippen LogP contribution in [0.4, 0.5) is 0 Å². The molecule has 28 heavy (non-hydrogen) atoms. The van der Waals surface area contributed by atoms with Crippen LogP contribution in [0.3, 0.4) is 0 Å². The summed E-state index contributed by atoms with van der Waals surface area (Å²) in [4.78, 5) is 30.9. The van der Waals surface area contributed by atoms with Crippen LogP contribution in [0.5, 0.6) is 5.75 Å². The Morgan fingerprint density at radius 3 is 2.64 bits per heavy atom. The average Bonchev–Trinajstić information content (AvgIpc) is 2.97. The number of methoxy groups -OCH3 is 2. The zero-order valence-electron chi connectivity index (χ0n) is 16.0. The molecule has 0 bridgehead atoms. The number of aromatic nitrogens is 1. The minimum absolute atomic E-state index is 0.0404. The van der Waals surface area contributed by atoms with Crippen molar-refractivity contribution in [2.24, 2.45) is 0 Å². The van der Waals surface area contributed by atoms with Crippen molar-refractivity contribution in [1.82, 2.24) is 9.88 Å². The van der Waals surface area contributed by atoms with E-state index in [-0.39, 0.29) is 24.5 Å². The van der Waals surface area contributed by atoms with Gasteiger partial charge in [-0.25, -0.2) is 0 Å². The molecule has 3 rings (SSSR count). The molecule has 1 amide bonds. The SMILES string of the molecule is COCCN1C(=O)C(=O)C(=C(O)c2ccc(OC)c(C)c2)C1c1cccnc1. The van der Waals surface area contributed by atoms with E-state index in [4.69, 9.17) is 9.47 Å². The molecule has 0 saturated carbocycles. The number of benzene rings is 1. The summed E-state index contributed by atoms with van der Waals surface area (Å²) in [5.74, 6) is -0.951. The minimum atomic E-state index is -0.730. The number of rotatable bonds is 6. The summed E-state index contributed by atoms with van der Waals surface area (Å²) in [6.45, 7) is 2.33. The molecule has 2 heterocycles. The second-order valence-electron chi connectivity index (χ2n) is 6.46. The van der Waals surface area contributed by atoms with E-state index in [1.54, 1.807) is 49.8 Å². The van der Waals surface area contributed by atoms with E-state index >= 15 is 0 Å². The molecule has 1 saturated heterocycles. The number of aliphatic hydroxyl groups is 1. The van der Waals surface area contributed by atoms with Crippen molar-refractivity contribution >= 4 is 17.4 Å². The Bertz CT molecular complexity index is 924. The number of aliphatic hydroxyl groups excluding tert-OH is 1. The number of likely N-dealkylation sites (tertiary alicyclic amines) is 1. The van der Waals surface area contributed by atoms with Gasteiger partial charge in [0.1, 0.15) is 11.5 Å². The first-order chi connectivity index (χ1) is 13.5. The van der Waals surface area contributed by atoms with Crippen LogP contribution in [0.1, 0.15) is 22.7 Å². The highest BCUT2D eigenvalue weighted by atomic mass is 16.5. The van der Waals surface area contributed by atoms with Gasteiger partial charge in [-0.15, -0.1) is 0 Å². The van der Waals surface area contributed by atoms with Gasteiger partial charge < -0.3 is 19.5 Å². The maximum Gasteiger partial charge on any atom is 0.295 e. The van der Waals surface area contributed by atoms with Crippen molar-refractivity contribution in [2.45, 2.75) is 13.0 Å². The van der Waals surface area contributed by atoms with Gasteiger partial charge in [0.15, 0.2) is 0 Å². The molecule has 1 fully saturated rings. The Balaban J connectivity index is 2.15. The number of aryl methyl sites for hydroxylation is 1. The summed E-state index contributed by atoms with van der Waals surface area (Å²) in [6.07, 6.45) is 3.20.